The molecule has 3 aromatic rings. The van der Waals surface area contributed by atoms with Crippen LogP contribution >= 0.6 is 11.3 Å². The van der Waals surface area contributed by atoms with E-state index in [2.05, 4.69) is 15.6 Å². The summed E-state index contributed by atoms with van der Waals surface area (Å²) >= 11 is 1.59. The van der Waals surface area contributed by atoms with Gasteiger partial charge in [0.25, 0.3) is 11.8 Å². The molecule has 0 aliphatic carbocycles. The van der Waals surface area contributed by atoms with Crippen molar-refractivity contribution < 1.29 is 19.4 Å². The van der Waals surface area contributed by atoms with Crippen LogP contribution in [-0.4, -0.2) is 64.7 Å². The highest BCUT2D eigenvalue weighted by molar-refractivity contribution is 7.09. The molecule has 2 aromatic carbocycles. The van der Waals surface area contributed by atoms with Gasteiger partial charge in [-0.2, -0.15) is 0 Å². The zero-order valence-corrected chi connectivity index (χ0v) is 25.0. The normalized spacial score (nSPS) is 21.7. The molecule has 4 heterocycles. The lowest BCUT2D eigenvalue weighted by atomic mass is 9.93. The SMILES string of the molecule is Cc1csc([C@H]2CCCN2C(=O)c2cc3c(c(C(=O)N[C@@H](Cc4ccccc4)[C@H](O)[C@@H]4CCCN4)c2)CCCCO3)n1. The van der Waals surface area contributed by atoms with Crippen LogP contribution in [-0.2, 0) is 12.8 Å². The molecule has 3 aliphatic rings. The molecule has 6 rings (SSSR count). The van der Waals surface area contributed by atoms with Crippen molar-refractivity contribution in [3.05, 3.63) is 80.8 Å². The van der Waals surface area contributed by atoms with Crippen molar-refractivity contribution >= 4 is 23.2 Å². The first-order chi connectivity index (χ1) is 20.5. The molecule has 42 heavy (non-hydrogen) atoms. The van der Waals surface area contributed by atoms with E-state index in [0.29, 0.717) is 42.9 Å². The molecule has 2 amide bonds. The number of hydrogen-bond acceptors (Lipinski definition) is 7. The minimum Gasteiger partial charge on any atom is -0.493 e. The summed E-state index contributed by atoms with van der Waals surface area (Å²) in [6, 6.07) is 12.9. The number of aliphatic hydroxyl groups excluding tert-OH is 1. The number of thiazole rings is 1. The van der Waals surface area contributed by atoms with Crippen molar-refractivity contribution in [2.45, 2.75) is 82.5 Å². The molecule has 3 N–H and O–H groups in total. The number of aliphatic hydroxyl groups is 1. The summed E-state index contributed by atoms with van der Waals surface area (Å²) in [5, 5.41) is 21.0. The first-order valence-corrected chi connectivity index (χ1v) is 16.1. The second-order valence-electron chi connectivity index (χ2n) is 11.8. The molecule has 0 radical (unpaired) electrons. The van der Waals surface area contributed by atoms with Gasteiger partial charge in [0.2, 0.25) is 0 Å². The first-order valence-electron chi connectivity index (χ1n) is 15.3. The quantitative estimate of drug-likeness (QED) is 0.356. The van der Waals surface area contributed by atoms with Gasteiger partial charge in [0.05, 0.1) is 24.8 Å². The highest BCUT2D eigenvalue weighted by atomic mass is 32.1. The van der Waals surface area contributed by atoms with E-state index >= 15 is 0 Å². The topological polar surface area (TPSA) is 104 Å². The van der Waals surface area contributed by atoms with Crippen molar-refractivity contribution in [2.75, 3.05) is 19.7 Å². The van der Waals surface area contributed by atoms with Crippen molar-refractivity contribution in [1.29, 1.82) is 0 Å². The van der Waals surface area contributed by atoms with E-state index in [-0.39, 0.29) is 23.9 Å². The Hall–Kier alpha value is -3.27. The van der Waals surface area contributed by atoms with Crippen LogP contribution in [0.3, 0.4) is 0 Å². The number of aryl methyl sites for hydroxylation is 1. The van der Waals surface area contributed by atoms with E-state index in [1.807, 2.05) is 53.6 Å². The van der Waals surface area contributed by atoms with Crippen LogP contribution in [0.1, 0.15) is 87.1 Å². The zero-order valence-electron chi connectivity index (χ0n) is 24.2. The van der Waals surface area contributed by atoms with E-state index in [4.69, 9.17) is 4.74 Å². The Morgan fingerprint density at radius 3 is 2.79 bits per heavy atom. The number of nitrogens with one attached hydrogen (secondary N) is 2. The lowest BCUT2D eigenvalue weighted by Crippen LogP contribution is -2.52. The van der Waals surface area contributed by atoms with Gasteiger partial charge in [-0.3, -0.25) is 9.59 Å². The van der Waals surface area contributed by atoms with E-state index in [1.165, 1.54) is 0 Å². The lowest BCUT2D eigenvalue weighted by Gasteiger charge is -2.29. The summed E-state index contributed by atoms with van der Waals surface area (Å²) in [6.45, 7) is 4.04. The Balaban J connectivity index is 1.31. The van der Waals surface area contributed by atoms with Crippen molar-refractivity contribution in [3.8, 4) is 5.75 Å². The van der Waals surface area contributed by atoms with Crippen molar-refractivity contribution in [3.63, 3.8) is 0 Å². The first kappa shape index (κ1) is 28.8. The second-order valence-corrected chi connectivity index (χ2v) is 12.6. The molecule has 222 valence electrons. The fraction of sp³-hybridized carbons (Fsp3) is 0.485. The second kappa shape index (κ2) is 12.9. The Morgan fingerprint density at radius 2 is 2.02 bits per heavy atom. The highest BCUT2D eigenvalue weighted by Gasteiger charge is 2.35. The van der Waals surface area contributed by atoms with Gasteiger partial charge in [0.1, 0.15) is 10.8 Å². The molecule has 8 nitrogen and oxygen atoms in total. The summed E-state index contributed by atoms with van der Waals surface area (Å²) in [7, 11) is 0. The molecule has 3 aliphatic heterocycles. The fourth-order valence-corrected chi connectivity index (χ4v) is 7.50. The number of benzene rings is 2. The van der Waals surface area contributed by atoms with Crippen LogP contribution in [0, 0.1) is 6.92 Å². The number of fused-ring (bicyclic) bond motifs is 1. The van der Waals surface area contributed by atoms with Crippen molar-refractivity contribution in [1.82, 2.24) is 20.5 Å². The largest absolute Gasteiger partial charge is 0.493 e. The predicted molar refractivity (Wildman–Crippen MR) is 163 cm³/mol. The van der Waals surface area contributed by atoms with Crippen LogP contribution in [0.2, 0.25) is 0 Å². The third-order valence-corrected chi connectivity index (χ3v) is 9.82. The number of ether oxygens (including phenoxy) is 1. The van der Waals surface area contributed by atoms with Crippen LogP contribution in [0.4, 0.5) is 0 Å². The third-order valence-electron chi connectivity index (χ3n) is 8.75. The number of aromatic nitrogens is 1. The van der Waals surface area contributed by atoms with Crippen molar-refractivity contribution in [2.24, 2.45) is 0 Å². The monoisotopic (exact) mass is 588 g/mol. The molecular formula is C33H40N4O4S. The molecule has 2 saturated heterocycles. The van der Waals surface area contributed by atoms with E-state index < -0.39 is 12.1 Å². The van der Waals surface area contributed by atoms with E-state index in [9.17, 15) is 14.7 Å². The third kappa shape index (κ3) is 6.23. The van der Waals surface area contributed by atoms with Gasteiger partial charge in [0.15, 0.2) is 0 Å². The number of carbonyl (C=O) groups excluding carboxylic acids is 2. The molecular weight excluding hydrogens is 548 g/mol. The van der Waals surface area contributed by atoms with E-state index in [0.717, 1.165) is 66.9 Å². The summed E-state index contributed by atoms with van der Waals surface area (Å²) < 4.78 is 6.12. The number of likely N-dealkylation sites (tertiary alicyclic amines) is 1. The fourth-order valence-electron chi connectivity index (χ4n) is 6.56. The lowest BCUT2D eigenvalue weighted by molar-refractivity contribution is 0.0732. The highest BCUT2D eigenvalue weighted by Crippen LogP contribution is 2.36. The molecule has 1 aromatic heterocycles. The van der Waals surface area contributed by atoms with Gasteiger partial charge in [-0.05, 0) is 82.5 Å². The van der Waals surface area contributed by atoms with Crippen LogP contribution in [0.5, 0.6) is 5.75 Å². The summed E-state index contributed by atoms with van der Waals surface area (Å²) in [4.78, 5) is 34.7. The average Bonchev–Trinajstić information content (AvgIpc) is 3.76. The minimum atomic E-state index is -0.747. The molecule has 0 saturated carbocycles. The molecule has 0 bridgehead atoms. The predicted octanol–water partition coefficient (Wildman–Crippen LogP) is 4.60. The maximum absolute atomic E-state index is 14.1. The summed E-state index contributed by atoms with van der Waals surface area (Å²) in [6.07, 6.45) is 5.91. The number of nitrogens with zero attached hydrogens (tertiary/aromatic N) is 2. The van der Waals surface area contributed by atoms with Crippen LogP contribution < -0.4 is 15.4 Å². The van der Waals surface area contributed by atoms with E-state index in [1.54, 1.807) is 17.4 Å². The number of carbonyl (C=O) groups is 2. The maximum atomic E-state index is 14.1. The van der Waals surface area contributed by atoms with Gasteiger partial charge in [0, 0.05) is 40.4 Å². The smallest absolute Gasteiger partial charge is 0.254 e. The Kier molecular flexibility index (Phi) is 8.88. The standard InChI is InChI=1S/C33H40N4O4S/c1-21-20-42-32(35-21)28-13-8-15-37(28)33(40)23-18-25(24-11-5-6-16-41-29(24)19-23)31(39)36-27(17-22-9-3-2-4-10-22)30(38)26-12-7-14-34-26/h2-4,9-10,18-20,26-28,30,34,38H,5-8,11-17H2,1H3,(H,36,39)/t26-,27-,28+,30+/m0/s1. The van der Waals surface area contributed by atoms with Gasteiger partial charge >= 0.3 is 0 Å². The molecule has 9 heteroatoms. The molecule has 0 spiro atoms. The Morgan fingerprint density at radius 1 is 1.17 bits per heavy atom. The zero-order chi connectivity index (χ0) is 29.1. The van der Waals surface area contributed by atoms with Gasteiger partial charge < -0.3 is 25.4 Å². The Bertz CT molecular complexity index is 1400. The van der Waals surface area contributed by atoms with Gasteiger partial charge in [-0.1, -0.05) is 30.3 Å². The molecule has 0 unspecified atom stereocenters. The minimum absolute atomic E-state index is 0.0579. The summed E-state index contributed by atoms with van der Waals surface area (Å²) in [5.74, 6) is 0.228. The summed E-state index contributed by atoms with van der Waals surface area (Å²) in [5.41, 5.74) is 3.76. The Labute approximate surface area is 251 Å². The number of amides is 2. The average molecular weight is 589 g/mol. The van der Waals surface area contributed by atoms with Crippen LogP contribution in [0.25, 0.3) is 0 Å². The molecule has 2 fully saturated rings. The number of rotatable bonds is 8. The maximum Gasteiger partial charge on any atom is 0.254 e. The van der Waals surface area contributed by atoms with Crippen LogP contribution in [0.15, 0.2) is 47.8 Å². The molecule has 4 atom stereocenters. The number of hydrogen-bond donors (Lipinski definition) is 3. The van der Waals surface area contributed by atoms with Gasteiger partial charge in [-0.25, -0.2) is 4.98 Å². The van der Waals surface area contributed by atoms with Gasteiger partial charge in [-0.15, -0.1) is 11.3 Å².